The summed E-state index contributed by atoms with van der Waals surface area (Å²) >= 11 is 0. The summed E-state index contributed by atoms with van der Waals surface area (Å²) in [5.74, 6) is 0.239. The Bertz CT molecular complexity index is 1000. The molecule has 1 aliphatic heterocycles. The van der Waals surface area contributed by atoms with E-state index < -0.39 is 5.82 Å². The van der Waals surface area contributed by atoms with E-state index in [1.807, 2.05) is 0 Å². The molecule has 1 aromatic carbocycles. The second kappa shape index (κ2) is 8.54. The number of nitrogens with one attached hydrogen (secondary N) is 1. The number of halogens is 1. The Labute approximate surface area is 167 Å². The molecule has 0 saturated carbocycles. The van der Waals surface area contributed by atoms with E-state index in [1.165, 1.54) is 12.4 Å². The van der Waals surface area contributed by atoms with Gasteiger partial charge in [-0.3, -0.25) is 4.90 Å². The molecule has 1 fully saturated rings. The maximum atomic E-state index is 14.5. The number of β-amino-alcohol motifs (C(OH)–C–C–N with tert-alkyl or cyclic N) is 1. The van der Waals surface area contributed by atoms with Crippen molar-refractivity contribution in [2.75, 3.05) is 37.3 Å². The van der Waals surface area contributed by atoms with E-state index in [1.54, 1.807) is 24.4 Å². The van der Waals surface area contributed by atoms with Crippen LogP contribution in [0.2, 0.25) is 0 Å². The van der Waals surface area contributed by atoms with Gasteiger partial charge in [0, 0.05) is 25.0 Å². The minimum absolute atomic E-state index is 0.0376. The van der Waals surface area contributed by atoms with E-state index in [-0.39, 0.29) is 18.1 Å². The summed E-state index contributed by atoms with van der Waals surface area (Å²) in [4.78, 5) is 14.8. The molecule has 4 N–H and O–H groups in total. The molecule has 1 atom stereocenters. The van der Waals surface area contributed by atoms with Gasteiger partial charge in [0.1, 0.15) is 29.8 Å². The summed E-state index contributed by atoms with van der Waals surface area (Å²) in [6, 6.07) is 6.42. The molecule has 1 aliphatic rings. The number of aromatic nitrogens is 3. The van der Waals surface area contributed by atoms with Crippen molar-refractivity contribution in [1.29, 1.82) is 0 Å². The highest BCUT2D eigenvalue weighted by Crippen LogP contribution is 2.31. The number of aliphatic hydroxyl groups is 1. The van der Waals surface area contributed by atoms with Gasteiger partial charge in [-0.1, -0.05) is 0 Å². The van der Waals surface area contributed by atoms with Gasteiger partial charge < -0.3 is 20.9 Å². The molecule has 0 bridgehead atoms. The lowest BCUT2D eigenvalue weighted by atomic mass is 10.1. The second-order valence-electron chi connectivity index (χ2n) is 7.01. The summed E-state index contributed by atoms with van der Waals surface area (Å²) in [6.07, 6.45) is 4.86. The van der Waals surface area contributed by atoms with Crippen LogP contribution in [0.5, 0.6) is 5.88 Å². The predicted molar refractivity (Wildman–Crippen MR) is 109 cm³/mol. The summed E-state index contributed by atoms with van der Waals surface area (Å²) in [7, 11) is 0. The molecule has 0 amide bonds. The minimum atomic E-state index is -0.499. The first-order chi connectivity index (χ1) is 14.1. The van der Waals surface area contributed by atoms with Crippen molar-refractivity contribution in [3.05, 3.63) is 42.6 Å². The number of pyridine rings is 1. The third-order valence-corrected chi connectivity index (χ3v) is 4.89. The largest absolute Gasteiger partial charge is 0.472 e. The number of piperidine rings is 1. The molecular weight excluding hydrogens is 375 g/mol. The number of hydrogen-bond donors (Lipinski definition) is 3. The summed E-state index contributed by atoms with van der Waals surface area (Å²) in [5.41, 5.74) is 7.02. The molecule has 3 heterocycles. The molecule has 0 aliphatic carbocycles. The van der Waals surface area contributed by atoms with E-state index in [4.69, 9.17) is 10.5 Å². The van der Waals surface area contributed by atoms with Crippen LogP contribution in [-0.4, -0.2) is 57.3 Å². The third-order valence-electron chi connectivity index (χ3n) is 4.89. The zero-order valence-electron chi connectivity index (χ0n) is 15.9. The number of likely N-dealkylation sites (tertiary alicyclic amines) is 1. The number of ether oxygens (including phenoxy) is 1. The number of nitrogens with two attached hydrogens (primary N) is 1. The van der Waals surface area contributed by atoms with Gasteiger partial charge in [0.05, 0.1) is 17.5 Å². The number of aliphatic hydroxyl groups excluding tert-OH is 1. The number of benzene rings is 1. The average Bonchev–Trinajstić information content (AvgIpc) is 2.70. The predicted octanol–water partition coefficient (Wildman–Crippen LogP) is 2.33. The van der Waals surface area contributed by atoms with Crippen molar-refractivity contribution in [2.24, 2.45) is 0 Å². The third kappa shape index (κ3) is 4.36. The fourth-order valence-corrected chi connectivity index (χ4v) is 3.58. The first-order valence-electron chi connectivity index (χ1n) is 9.55. The van der Waals surface area contributed by atoms with Gasteiger partial charge in [-0.25, -0.2) is 19.3 Å². The highest BCUT2D eigenvalue weighted by atomic mass is 19.1. The molecule has 8 nitrogen and oxygen atoms in total. The van der Waals surface area contributed by atoms with Gasteiger partial charge >= 0.3 is 0 Å². The van der Waals surface area contributed by atoms with E-state index in [0.29, 0.717) is 35.1 Å². The molecule has 2 aromatic heterocycles. The van der Waals surface area contributed by atoms with Crippen molar-refractivity contribution in [1.82, 2.24) is 19.9 Å². The van der Waals surface area contributed by atoms with Crippen molar-refractivity contribution in [3.8, 4) is 5.88 Å². The maximum absolute atomic E-state index is 14.5. The monoisotopic (exact) mass is 398 g/mol. The smallest absolute Gasteiger partial charge is 0.238 e. The fourth-order valence-electron chi connectivity index (χ4n) is 3.58. The molecular formula is C20H23FN6O2. The van der Waals surface area contributed by atoms with Crippen LogP contribution in [0.15, 0.2) is 36.8 Å². The molecule has 152 valence electrons. The molecule has 3 aromatic rings. The van der Waals surface area contributed by atoms with Gasteiger partial charge in [-0.15, -0.1) is 0 Å². The molecule has 1 saturated heterocycles. The van der Waals surface area contributed by atoms with Gasteiger partial charge in [0.25, 0.3) is 0 Å². The van der Waals surface area contributed by atoms with Crippen LogP contribution in [0, 0.1) is 5.82 Å². The quantitative estimate of drug-likeness (QED) is 0.543. The Kier molecular flexibility index (Phi) is 5.68. The Morgan fingerprint density at radius 2 is 2.21 bits per heavy atom. The van der Waals surface area contributed by atoms with Crippen molar-refractivity contribution < 1.29 is 14.2 Å². The van der Waals surface area contributed by atoms with Crippen LogP contribution in [0.1, 0.15) is 12.8 Å². The van der Waals surface area contributed by atoms with E-state index >= 15 is 0 Å². The van der Waals surface area contributed by atoms with Crippen LogP contribution in [0.4, 0.5) is 21.6 Å². The normalized spacial score (nSPS) is 17.4. The summed E-state index contributed by atoms with van der Waals surface area (Å²) in [6.45, 7) is 2.42. The number of nitrogens with zero attached hydrogens (tertiary/aromatic N) is 4. The number of nitrogen functional groups attached to an aromatic ring is 1. The molecule has 0 spiro atoms. The average molecular weight is 398 g/mol. The minimum Gasteiger partial charge on any atom is -0.472 e. The zero-order chi connectivity index (χ0) is 20.2. The Hall–Kier alpha value is -3.04. The van der Waals surface area contributed by atoms with Crippen molar-refractivity contribution >= 4 is 28.1 Å². The van der Waals surface area contributed by atoms with Crippen LogP contribution in [0.25, 0.3) is 10.9 Å². The Morgan fingerprint density at radius 1 is 1.31 bits per heavy atom. The summed E-state index contributed by atoms with van der Waals surface area (Å²) < 4.78 is 20.7. The number of fused-ring (bicyclic) bond motifs is 1. The van der Waals surface area contributed by atoms with Gasteiger partial charge in [-0.2, -0.15) is 0 Å². The highest BCUT2D eigenvalue weighted by Gasteiger charge is 2.22. The van der Waals surface area contributed by atoms with Crippen LogP contribution in [0.3, 0.4) is 0 Å². The topological polar surface area (TPSA) is 109 Å². The van der Waals surface area contributed by atoms with Gasteiger partial charge in [-0.05, 0) is 43.7 Å². The molecule has 0 unspecified atom stereocenters. The number of rotatable bonds is 6. The lowest BCUT2D eigenvalue weighted by Crippen LogP contribution is -2.42. The molecule has 9 heteroatoms. The number of hydrogen-bond acceptors (Lipinski definition) is 8. The SMILES string of the molecule is Nc1cc(F)c2c(Nc3cccnc3O[C@@H]3CCCN(CCO)C3)ncnc2c1. The van der Waals surface area contributed by atoms with E-state index in [2.05, 4.69) is 25.2 Å². The summed E-state index contributed by atoms with van der Waals surface area (Å²) in [5, 5.41) is 12.6. The lowest BCUT2D eigenvalue weighted by Gasteiger charge is -2.32. The Morgan fingerprint density at radius 3 is 3.07 bits per heavy atom. The standard InChI is InChI=1S/C20H23FN6O2/c21-15-9-13(22)10-17-18(15)19(25-12-24-17)26-16-4-1-5-23-20(16)29-14-3-2-6-27(11-14)7-8-28/h1,4-5,9-10,12,14,28H,2-3,6-8,11,22H2,(H,24,25,26)/t14-/m1/s1. The fraction of sp³-hybridized carbons (Fsp3) is 0.350. The van der Waals surface area contributed by atoms with Gasteiger partial charge in [0.15, 0.2) is 0 Å². The van der Waals surface area contributed by atoms with Crippen LogP contribution < -0.4 is 15.8 Å². The van der Waals surface area contributed by atoms with Gasteiger partial charge in [0.2, 0.25) is 5.88 Å². The number of anilines is 3. The first-order valence-corrected chi connectivity index (χ1v) is 9.55. The van der Waals surface area contributed by atoms with Crippen molar-refractivity contribution in [2.45, 2.75) is 18.9 Å². The second-order valence-corrected chi connectivity index (χ2v) is 7.01. The molecule has 29 heavy (non-hydrogen) atoms. The van der Waals surface area contributed by atoms with Crippen LogP contribution in [-0.2, 0) is 0 Å². The van der Waals surface area contributed by atoms with Crippen LogP contribution >= 0.6 is 0 Å². The maximum Gasteiger partial charge on any atom is 0.238 e. The van der Waals surface area contributed by atoms with E-state index in [9.17, 15) is 9.50 Å². The molecule has 4 rings (SSSR count). The lowest BCUT2D eigenvalue weighted by molar-refractivity contribution is 0.0743. The van der Waals surface area contributed by atoms with Crippen molar-refractivity contribution in [3.63, 3.8) is 0 Å². The molecule has 0 radical (unpaired) electrons. The Balaban J connectivity index is 1.59. The zero-order valence-corrected chi connectivity index (χ0v) is 15.9. The first kappa shape index (κ1) is 19.3. The highest BCUT2D eigenvalue weighted by molar-refractivity contribution is 5.93. The van der Waals surface area contributed by atoms with E-state index in [0.717, 1.165) is 25.9 Å².